The van der Waals surface area contributed by atoms with Crippen LogP contribution in [0.3, 0.4) is 0 Å². The molecular weight excluding hydrogens is 334 g/mol. The monoisotopic (exact) mass is 345 g/mol. The minimum atomic E-state index is 0.255. The Bertz CT molecular complexity index is 873. The SMILES string of the molecule is Cc1cc(Br)cn2c(N)c(-c3ccc4c(c3)OCO4)nc12. The van der Waals surface area contributed by atoms with Crippen LogP contribution in [-0.4, -0.2) is 16.2 Å². The van der Waals surface area contributed by atoms with E-state index < -0.39 is 0 Å². The Balaban J connectivity index is 1.94. The van der Waals surface area contributed by atoms with Gasteiger partial charge in [0.2, 0.25) is 6.79 Å². The van der Waals surface area contributed by atoms with Crippen LogP contribution in [-0.2, 0) is 0 Å². The molecule has 4 rings (SSSR count). The summed E-state index contributed by atoms with van der Waals surface area (Å²) in [5.41, 5.74) is 9.83. The Labute approximate surface area is 129 Å². The fourth-order valence-corrected chi connectivity index (χ4v) is 3.09. The molecule has 0 amide bonds. The highest BCUT2D eigenvalue weighted by Crippen LogP contribution is 2.37. The molecule has 5 nitrogen and oxygen atoms in total. The number of hydrogen-bond acceptors (Lipinski definition) is 4. The number of pyridine rings is 1. The molecule has 1 aliphatic heterocycles. The van der Waals surface area contributed by atoms with Gasteiger partial charge in [0, 0.05) is 16.2 Å². The lowest BCUT2D eigenvalue weighted by molar-refractivity contribution is 0.174. The second kappa shape index (κ2) is 4.39. The van der Waals surface area contributed by atoms with E-state index in [9.17, 15) is 0 Å². The highest BCUT2D eigenvalue weighted by Gasteiger charge is 2.18. The summed E-state index contributed by atoms with van der Waals surface area (Å²) in [4.78, 5) is 4.67. The number of ether oxygens (including phenoxy) is 2. The molecule has 2 N–H and O–H groups in total. The van der Waals surface area contributed by atoms with Crippen LogP contribution in [0.2, 0.25) is 0 Å². The highest BCUT2D eigenvalue weighted by molar-refractivity contribution is 9.10. The van der Waals surface area contributed by atoms with Crippen molar-refractivity contribution in [2.24, 2.45) is 0 Å². The van der Waals surface area contributed by atoms with Gasteiger partial charge in [0.15, 0.2) is 11.5 Å². The summed E-state index contributed by atoms with van der Waals surface area (Å²) in [5.74, 6) is 2.08. The number of aromatic nitrogens is 2. The average Bonchev–Trinajstić information content (AvgIpc) is 3.04. The molecule has 2 aromatic heterocycles. The first kappa shape index (κ1) is 12.5. The van der Waals surface area contributed by atoms with Crippen LogP contribution in [0.15, 0.2) is 34.9 Å². The molecule has 0 atom stereocenters. The van der Waals surface area contributed by atoms with Crippen molar-refractivity contribution in [2.75, 3.05) is 12.5 Å². The Kier molecular flexibility index (Phi) is 2.62. The van der Waals surface area contributed by atoms with Crippen LogP contribution >= 0.6 is 15.9 Å². The summed E-state index contributed by atoms with van der Waals surface area (Å²) < 4.78 is 13.6. The Hall–Kier alpha value is -2.21. The first-order valence-corrected chi connectivity index (χ1v) is 7.26. The van der Waals surface area contributed by atoms with Gasteiger partial charge in [-0.25, -0.2) is 4.98 Å². The molecule has 0 bridgehead atoms. The van der Waals surface area contributed by atoms with E-state index in [4.69, 9.17) is 15.2 Å². The molecule has 0 spiro atoms. The average molecular weight is 346 g/mol. The van der Waals surface area contributed by atoms with E-state index in [1.54, 1.807) is 0 Å². The lowest BCUT2D eigenvalue weighted by Gasteiger charge is -2.02. The van der Waals surface area contributed by atoms with E-state index in [1.165, 1.54) is 0 Å². The smallest absolute Gasteiger partial charge is 0.231 e. The van der Waals surface area contributed by atoms with Gasteiger partial charge in [-0.05, 0) is 52.7 Å². The molecule has 0 fully saturated rings. The summed E-state index contributed by atoms with van der Waals surface area (Å²) in [6, 6.07) is 7.75. The van der Waals surface area contributed by atoms with E-state index in [1.807, 2.05) is 41.8 Å². The van der Waals surface area contributed by atoms with Crippen molar-refractivity contribution in [1.82, 2.24) is 9.38 Å². The van der Waals surface area contributed by atoms with Gasteiger partial charge in [0.1, 0.15) is 17.2 Å². The van der Waals surface area contributed by atoms with Gasteiger partial charge in [-0.2, -0.15) is 0 Å². The number of aryl methyl sites for hydroxylation is 1. The maximum atomic E-state index is 6.26. The largest absolute Gasteiger partial charge is 0.454 e. The fourth-order valence-electron chi connectivity index (χ4n) is 2.54. The summed E-state index contributed by atoms with van der Waals surface area (Å²) in [7, 11) is 0. The maximum Gasteiger partial charge on any atom is 0.231 e. The molecule has 21 heavy (non-hydrogen) atoms. The summed E-state index contributed by atoms with van der Waals surface area (Å²) in [6.07, 6.45) is 1.92. The van der Waals surface area contributed by atoms with Gasteiger partial charge >= 0.3 is 0 Å². The standard InChI is InChI=1S/C15H12BrN3O2/c1-8-4-10(16)6-19-14(17)13(18-15(8)19)9-2-3-11-12(5-9)21-7-20-11/h2-6H,7,17H2,1H3. The third kappa shape index (κ3) is 1.86. The van der Waals surface area contributed by atoms with Crippen molar-refractivity contribution < 1.29 is 9.47 Å². The van der Waals surface area contributed by atoms with Crippen LogP contribution in [0, 0.1) is 6.92 Å². The molecule has 1 aliphatic rings. The van der Waals surface area contributed by atoms with Crippen LogP contribution < -0.4 is 15.2 Å². The minimum absolute atomic E-state index is 0.255. The van der Waals surface area contributed by atoms with Crippen molar-refractivity contribution in [1.29, 1.82) is 0 Å². The second-order valence-corrected chi connectivity index (χ2v) is 5.86. The molecule has 3 heterocycles. The number of hydrogen-bond donors (Lipinski definition) is 1. The molecule has 0 saturated carbocycles. The summed E-state index contributed by atoms with van der Waals surface area (Å²) in [5, 5.41) is 0. The Morgan fingerprint density at radius 3 is 2.90 bits per heavy atom. The van der Waals surface area contributed by atoms with Gasteiger partial charge in [-0.15, -0.1) is 0 Å². The number of halogens is 1. The first-order valence-electron chi connectivity index (χ1n) is 6.47. The van der Waals surface area contributed by atoms with Crippen LogP contribution in [0.1, 0.15) is 5.56 Å². The van der Waals surface area contributed by atoms with Gasteiger partial charge in [0.25, 0.3) is 0 Å². The quantitative estimate of drug-likeness (QED) is 0.734. The Morgan fingerprint density at radius 1 is 1.24 bits per heavy atom. The molecule has 106 valence electrons. The van der Waals surface area contributed by atoms with E-state index in [-0.39, 0.29) is 6.79 Å². The number of nitrogens with two attached hydrogens (primary N) is 1. The van der Waals surface area contributed by atoms with Crippen molar-refractivity contribution >= 4 is 27.4 Å². The number of imidazole rings is 1. The predicted octanol–water partition coefficient (Wildman–Crippen LogP) is 3.38. The van der Waals surface area contributed by atoms with Gasteiger partial charge in [-0.3, -0.25) is 4.40 Å². The fraction of sp³-hybridized carbons (Fsp3) is 0.133. The predicted molar refractivity (Wildman–Crippen MR) is 83.6 cm³/mol. The van der Waals surface area contributed by atoms with Crippen molar-refractivity contribution in [2.45, 2.75) is 6.92 Å². The third-order valence-electron chi connectivity index (χ3n) is 3.55. The molecule has 0 unspecified atom stereocenters. The zero-order chi connectivity index (χ0) is 14.6. The summed E-state index contributed by atoms with van der Waals surface area (Å²) >= 11 is 3.48. The molecule has 1 aromatic carbocycles. The topological polar surface area (TPSA) is 61.8 Å². The van der Waals surface area contributed by atoms with Crippen molar-refractivity contribution in [3.05, 3.63) is 40.5 Å². The maximum absolute atomic E-state index is 6.26. The van der Waals surface area contributed by atoms with Crippen LogP contribution in [0.5, 0.6) is 11.5 Å². The number of nitrogens with zero attached hydrogens (tertiary/aromatic N) is 2. The number of nitrogen functional groups attached to an aromatic ring is 1. The van der Waals surface area contributed by atoms with E-state index in [2.05, 4.69) is 20.9 Å². The molecule has 0 radical (unpaired) electrons. The van der Waals surface area contributed by atoms with Crippen LogP contribution in [0.4, 0.5) is 5.82 Å². The first-order chi connectivity index (χ1) is 10.1. The van der Waals surface area contributed by atoms with E-state index in [0.29, 0.717) is 5.82 Å². The van der Waals surface area contributed by atoms with Crippen molar-refractivity contribution in [3.63, 3.8) is 0 Å². The molecule has 3 aromatic rings. The Morgan fingerprint density at radius 2 is 2.05 bits per heavy atom. The van der Waals surface area contributed by atoms with E-state index in [0.717, 1.165) is 38.4 Å². The van der Waals surface area contributed by atoms with Gasteiger partial charge < -0.3 is 15.2 Å². The van der Waals surface area contributed by atoms with Gasteiger partial charge in [-0.1, -0.05) is 0 Å². The minimum Gasteiger partial charge on any atom is -0.454 e. The van der Waals surface area contributed by atoms with Crippen molar-refractivity contribution in [3.8, 4) is 22.8 Å². The molecule has 6 heteroatoms. The van der Waals surface area contributed by atoms with E-state index >= 15 is 0 Å². The number of anilines is 1. The third-order valence-corrected chi connectivity index (χ3v) is 3.99. The molecule has 0 saturated heterocycles. The summed E-state index contributed by atoms with van der Waals surface area (Å²) in [6.45, 7) is 2.27. The number of fused-ring (bicyclic) bond motifs is 2. The van der Waals surface area contributed by atoms with Crippen LogP contribution in [0.25, 0.3) is 16.9 Å². The number of benzene rings is 1. The molecule has 0 aliphatic carbocycles. The lowest BCUT2D eigenvalue weighted by atomic mass is 10.1. The molecular formula is C15H12BrN3O2. The normalized spacial score (nSPS) is 13.0. The second-order valence-electron chi connectivity index (χ2n) is 4.95. The zero-order valence-electron chi connectivity index (χ0n) is 11.3. The highest BCUT2D eigenvalue weighted by atomic mass is 79.9. The lowest BCUT2D eigenvalue weighted by Crippen LogP contribution is -1.95. The van der Waals surface area contributed by atoms with Gasteiger partial charge in [0.05, 0.1) is 0 Å². The number of rotatable bonds is 1. The zero-order valence-corrected chi connectivity index (χ0v) is 12.8.